The summed E-state index contributed by atoms with van der Waals surface area (Å²) in [6.45, 7) is 8.34. The lowest BCUT2D eigenvalue weighted by atomic mass is 9.76. The number of hydrogen-bond acceptors (Lipinski definition) is 2. The van der Waals surface area contributed by atoms with Crippen LogP contribution in [0.3, 0.4) is 0 Å². The van der Waals surface area contributed by atoms with Gasteiger partial charge in [0.1, 0.15) is 0 Å². The highest BCUT2D eigenvalue weighted by Crippen LogP contribution is 2.31. The minimum absolute atomic E-state index is 0.680. The van der Waals surface area contributed by atoms with Crippen LogP contribution in [0.2, 0.25) is 0 Å². The van der Waals surface area contributed by atoms with Gasteiger partial charge in [-0.15, -0.1) is 0 Å². The van der Waals surface area contributed by atoms with E-state index in [-0.39, 0.29) is 0 Å². The van der Waals surface area contributed by atoms with Crippen LogP contribution in [-0.2, 0) is 0 Å². The van der Waals surface area contributed by atoms with Crippen molar-refractivity contribution in [1.29, 1.82) is 0 Å². The van der Waals surface area contributed by atoms with E-state index in [2.05, 4.69) is 31.4 Å². The zero-order chi connectivity index (χ0) is 14.4. The molecular formula is C18H36N2. The maximum absolute atomic E-state index is 4.03. The standard InChI is InChI=1S/C18H36N2/c1-4-15(5-2)14(3)20-18-12-7-6-10-16(18)17-11-8-9-13-19-17/h14-20H,4-13H2,1-3H3. The van der Waals surface area contributed by atoms with Gasteiger partial charge < -0.3 is 10.6 Å². The Morgan fingerprint density at radius 1 is 1.00 bits per heavy atom. The average molecular weight is 280 g/mol. The molecule has 0 amide bonds. The first-order valence-corrected chi connectivity index (χ1v) is 9.25. The van der Waals surface area contributed by atoms with Crippen molar-refractivity contribution in [1.82, 2.24) is 10.6 Å². The van der Waals surface area contributed by atoms with Crippen molar-refractivity contribution in [3.63, 3.8) is 0 Å². The molecule has 1 saturated heterocycles. The minimum Gasteiger partial charge on any atom is -0.314 e. The molecule has 0 aromatic carbocycles. The molecule has 0 aromatic rings. The maximum atomic E-state index is 4.03. The molecule has 2 heteroatoms. The molecule has 4 atom stereocenters. The van der Waals surface area contributed by atoms with Gasteiger partial charge in [-0.05, 0) is 51.0 Å². The van der Waals surface area contributed by atoms with Crippen molar-refractivity contribution in [3.8, 4) is 0 Å². The quantitative estimate of drug-likeness (QED) is 0.765. The van der Waals surface area contributed by atoms with Crippen LogP contribution in [0.1, 0.15) is 78.6 Å². The highest BCUT2D eigenvalue weighted by molar-refractivity contribution is 4.92. The second kappa shape index (κ2) is 8.38. The molecule has 2 aliphatic rings. The maximum Gasteiger partial charge on any atom is 0.0113 e. The van der Waals surface area contributed by atoms with E-state index in [1.165, 1.54) is 64.3 Å². The van der Waals surface area contributed by atoms with E-state index in [0.29, 0.717) is 6.04 Å². The summed E-state index contributed by atoms with van der Waals surface area (Å²) < 4.78 is 0. The molecule has 1 aliphatic carbocycles. The molecule has 1 heterocycles. The van der Waals surface area contributed by atoms with E-state index in [4.69, 9.17) is 0 Å². The molecule has 2 fully saturated rings. The van der Waals surface area contributed by atoms with Crippen molar-refractivity contribution in [2.45, 2.75) is 96.7 Å². The number of piperidine rings is 1. The molecule has 2 N–H and O–H groups in total. The van der Waals surface area contributed by atoms with E-state index in [0.717, 1.165) is 23.9 Å². The predicted octanol–water partition coefficient (Wildman–Crippen LogP) is 4.10. The summed E-state index contributed by atoms with van der Waals surface area (Å²) in [6.07, 6.45) is 12.5. The molecule has 2 rings (SSSR count). The van der Waals surface area contributed by atoms with Crippen LogP contribution in [0.4, 0.5) is 0 Å². The Morgan fingerprint density at radius 2 is 1.70 bits per heavy atom. The summed E-state index contributed by atoms with van der Waals surface area (Å²) in [4.78, 5) is 0. The van der Waals surface area contributed by atoms with Gasteiger partial charge in [-0.2, -0.15) is 0 Å². The van der Waals surface area contributed by atoms with Crippen LogP contribution < -0.4 is 10.6 Å². The fourth-order valence-electron chi connectivity index (χ4n) is 4.56. The second-order valence-electron chi connectivity index (χ2n) is 7.14. The molecule has 0 spiro atoms. The van der Waals surface area contributed by atoms with E-state index >= 15 is 0 Å². The third kappa shape index (κ3) is 4.21. The first-order chi connectivity index (χ1) is 9.76. The van der Waals surface area contributed by atoms with Crippen LogP contribution in [0.5, 0.6) is 0 Å². The zero-order valence-corrected chi connectivity index (χ0v) is 14.0. The normalized spacial score (nSPS) is 33.3. The van der Waals surface area contributed by atoms with Crippen LogP contribution in [0.15, 0.2) is 0 Å². The average Bonchev–Trinajstić information content (AvgIpc) is 2.50. The van der Waals surface area contributed by atoms with Crippen molar-refractivity contribution in [3.05, 3.63) is 0 Å². The van der Waals surface area contributed by atoms with Gasteiger partial charge in [0, 0.05) is 18.1 Å². The Balaban J connectivity index is 1.92. The van der Waals surface area contributed by atoms with Crippen molar-refractivity contribution < 1.29 is 0 Å². The lowest BCUT2D eigenvalue weighted by Gasteiger charge is -2.42. The van der Waals surface area contributed by atoms with Gasteiger partial charge in [0.15, 0.2) is 0 Å². The SMILES string of the molecule is CCC(CC)C(C)NC1CCCCC1C1CCCCN1. The summed E-state index contributed by atoms with van der Waals surface area (Å²) in [6, 6.07) is 2.23. The van der Waals surface area contributed by atoms with Gasteiger partial charge in [-0.25, -0.2) is 0 Å². The van der Waals surface area contributed by atoms with Crippen LogP contribution >= 0.6 is 0 Å². The van der Waals surface area contributed by atoms with Crippen molar-refractivity contribution >= 4 is 0 Å². The third-order valence-electron chi connectivity index (χ3n) is 5.92. The van der Waals surface area contributed by atoms with Gasteiger partial charge in [0.05, 0.1) is 0 Å². The first-order valence-electron chi connectivity index (χ1n) is 9.25. The third-order valence-corrected chi connectivity index (χ3v) is 5.92. The molecule has 0 aromatic heterocycles. The van der Waals surface area contributed by atoms with Crippen LogP contribution in [-0.4, -0.2) is 24.7 Å². The molecule has 118 valence electrons. The second-order valence-corrected chi connectivity index (χ2v) is 7.14. The molecule has 1 aliphatic heterocycles. The lowest BCUT2D eigenvalue weighted by molar-refractivity contribution is 0.161. The van der Waals surface area contributed by atoms with E-state index < -0.39 is 0 Å². The number of nitrogens with one attached hydrogen (secondary N) is 2. The monoisotopic (exact) mass is 280 g/mol. The summed E-state index contributed by atoms with van der Waals surface area (Å²) >= 11 is 0. The van der Waals surface area contributed by atoms with Gasteiger partial charge in [0.2, 0.25) is 0 Å². The Morgan fingerprint density at radius 3 is 2.35 bits per heavy atom. The lowest BCUT2D eigenvalue weighted by Crippen LogP contribution is -2.53. The zero-order valence-electron chi connectivity index (χ0n) is 14.0. The number of hydrogen-bond donors (Lipinski definition) is 2. The predicted molar refractivity (Wildman–Crippen MR) is 88.1 cm³/mol. The Labute approximate surface area is 126 Å². The summed E-state index contributed by atoms with van der Waals surface area (Å²) in [5, 5.41) is 7.84. The van der Waals surface area contributed by atoms with Crippen LogP contribution in [0, 0.1) is 11.8 Å². The topological polar surface area (TPSA) is 24.1 Å². The molecule has 4 unspecified atom stereocenters. The molecule has 2 nitrogen and oxygen atoms in total. The molecule has 20 heavy (non-hydrogen) atoms. The van der Waals surface area contributed by atoms with Crippen molar-refractivity contribution in [2.24, 2.45) is 11.8 Å². The summed E-state index contributed by atoms with van der Waals surface area (Å²) in [5.74, 6) is 1.72. The summed E-state index contributed by atoms with van der Waals surface area (Å²) in [5.41, 5.74) is 0. The Kier molecular flexibility index (Phi) is 6.83. The van der Waals surface area contributed by atoms with E-state index in [1.54, 1.807) is 0 Å². The van der Waals surface area contributed by atoms with Gasteiger partial charge >= 0.3 is 0 Å². The molecular weight excluding hydrogens is 244 g/mol. The minimum atomic E-state index is 0.680. The van der Waals surface area contributed by atoms with E-state index in [9.17, 15) is 0 Å². The molecule has 0 bridgehead atoms. The number of rotatable bonds is 6. The highest BCUT2D eigenvalue weighted by Gasteiger charge is 2.33. The van der Waals surface area contributed by atoms with Gasteiger partial charge in [-0.3, -0.25) is 0 Å². The fourth-order valence-corrected chi connectivity index (χ4v) is 4.56. The fraction of sp³-hybridized carbons (Fsp3) is 1.00. The van der Waals surface area contributed by atoms with E-state index in [1.807, 2.05) is 0 Å². The van der Waals surface area contributed by atoms with Gasteiger partial charge in [0.25, 0.3) is 0 Å². The largest absolute Gasteiger partial charge is 0.314 e. The molecule has 1 saturated carbocycles. The summed E-state index contributed by atoms with van der Waals surface area (Å²) in [7, 11) is 0. The smallest absolute Gasteiger partial charge is 0.0113 e. The van der Waals surface area contributed by atoms with Crippen LogP contribution in [0.25, 0.3) is 0 Å². The van der Waals surface area contributed by atoms with Gasteiger partial charge in [-0.1, -0.05) is 46.0 Å². The highest BCUT2D eigenvalue weighted by atomic mass is 15.0. The molecule has 0 radical (unpaired) electrons. The Hall–Kier alpha value is -0.0800. The van der Waals surface area contributed by atoms with Crippen molar-refractivity contribution in [2.75, 3.05) is 6.54 Å². The first kappa shape index (κ1) is 16.3. The Bertz CT molecular complexity index is 256.